The van der Waals surface area contributed by atoms with Crippen LogP contribution in [0.3, 0.4) is 0 Å². The van der Waals surface area contributed by atoms with Crippen LogP contribution in [0.4, 0.5) is 5.69 Å². The van der Waals surface area contributed by atoms with E-state index in [-0.39, 0.29) is 5.91 Å². The number of fused-ring (bicyclic) bond motifs is 1. The molecule has 2 aromatic heterocycles. The molecule has 25 heavy (non-hydrogen) atoms. The molecule has 0 radical (unpaired) electrons. The Morgan fingerprint density at radius 3 is 3.04 bits per heavy atom. The highest BCUT2D eigenvalue weighted by molar-refractivity contribution is 5.93. The second kappa shape index (κ2) is 6.55. The van der Waals surface area contributed by atoms with Crippen LogP contribution >= 0.6 is 0 Å². The van der Waals surface area contributed by atoms with E-state index in [4.69, 9.17) is 0 Å². The van der Waals surface area contributed by atoms with E-state index in [2.05, 4.69) is 33.4 Å². The van der Waals surface area contributed by atoms with Crippen molar-refractivity contribution >= 4 is 11.6 Å². The van der Waals surface area contributed by atoms with Gasteiger partial charge in [-0.2, -0.15) is 5.10 Å². The van der Waals surface area contributed by atoms with Gasteiger partial charge in [-0.3, -0.25) is 9.48 Å². The third kappa shape index (κ3) is 3.33. The summed E-state index contributed by atoms with van der Waals surface area (Å²) < 4.78 is 1.92. The maximum Gasteiger partial charge on any atom is 0.224 e. The molecule has 3 heterocycles. The van der Waals surface area contributed by atoms with E-state index in [9.17, 15) is 4.79 Å². The largest absolute Gasteiger partial charge is 0.342 e. The van der Waals surface area contributed by atoms with Crippen LogP contribution in [0.5, 0.6) is 0 Å². The molecular weight excluding hydrogens is 314 g/mol. The Balaban J connectivity index is 1.50. The molecule has 6 heteroatoms. The Morgan fingerprint density at radius 1 is 1.24 bits per heavy atom. The molecule has 0 spiro atoms. The minimum absolute atomic E-state index is 0.0952. The molecular formula is C19H21N5O. The smallest absolute Gasteiger partial charge is 0.224 e. The predicted molar refractivity (Wildman–Crippen MR) is 96.3 cm³/mol. The monoisotopic (exact) mass is 335 g/mol. The fourth-order valence-corrected chi connectivity index (χ4v) is 3.20. The van der Waals surface area contributed by atoms with Crippen molar-refractivity contribution in [3.63, 3.8) is 0 Å². The van der Waals surface area contributed by atoms with Crippen molar-refractivity contribution in [1.29, 1.82) is 0 Å². The van der Waals surface area contributed by atoms with Crippen LogP contribution < -0.4 is 5.32 Å². The van der Waals surface area contributed by atoms with Gasteiger partial charge in [0.25, 0.3) is 0 Å². The second-order valence-electron chi connectivity index (χ2n) is 6.47. The number of anilines is 1. The van der Waals surface area contributed by atoms with E-state index in [0.717, 1.165) is 42.0 Å². The Bertz CT molecular complexity index is 908. The van der Waals surface area contributed by atoms with E-state index in [0.29, 0.717) is 13.0 Å². The first-order valence-electron chi connectivity index (χ1n) is 8.69. The van der Waals surface area contributed by atoms with Gasteiger partial charge in [0.05, 0.1) is 18.3 Å². The second-order valence-corrected chi connectivity index (χ2v) is 6.47. The number of aryl methyl sites for hydroxylation is 2. The molecule has 0 fully saturated rings. The minimum Gasteiger partial charge on any atom is -0.342 e. The lowest BCUT2D eigenvalue weighted by Gasteiger charge is -2.17. The first-order chi connectivity index (χ1) is 12.2. The Hall–Kier alpha value is -2.89. The lowest BCUT2D eigenvalue weighted by atomic mass is 10.0. The predicted octanol–water partition coefficient (Wildman–Crippen LogP) is 3.16. The number of rotatable bonds is 5. The summed E-state index contributed by atoms with van der Waals surface area (Å²) in [7, 11) is 0. The molecule has 3 aromatic rings. The van der Waals surface area contributed by atoms with Gasteiger partial charge in [0.2, 0.25) is 5.91 Å². The number of carbonyl (C=O) groups excluding carboxylic acids is 1. The van der Waals surface area contributed by atoms with Crippen LogP contribution in [0.25, 0.3) is 11.4 Å². The van der Waals surface area contributed by atoms with Crippen LogP contribution in [0.15, 0.2) is 36.8 Å². The van der Waals surface area contributed by atoms with Gasteiger partial charge in [0.15, 0.2) is 0 Å². The van der Waals surface area contributed by atoms with E-state index < -0.39 is 0 Å². The Labute approximate surface area is 146 Å². The number of benzene rings is 1. The molecule has 0 unspecified atom stereocenters. The Kier molecular flexibility index (Phi) is 4.09. The van der Waals surface area contributed by atoms with Crippen LogP contribution in [0.2, 0.25) is 0 Å². The van der Waals surface area contributed by atoms with Gasteiger partial charge >= 0.3 is 0 Å². The first kappa shape index (κ1) is 15.6. The van der Waals surface area contributed by atoms with E-state index >= 15 is 0 Å². The summed E-state index contributed by atoms with van der Waals surface area (Å²) in [6.45, 7) is 2.85. The molecule has 1 aliphatic heterocycles. The summed E-state index contributed by atoms with van der Waals surface area (Å²) in [5.41, 5.74) is 5.45. The van der Waals surface area contributed by atoms with E-state index in [1.54, 1.807) is 0 Å². The molecule has 1 amide bonds. The highest BCUT2D eigenvalue weighted by Crippen LogP contribution is 2.24. The normalized spacial score (nSPS) is 13.6. The zero-order valence-electron chi connectivity index (χ0n) is 14.2. The first-order valence-corrected chi connectivity index (χ1v) is 8.69. The molecule has 2 N–H and O–H groups in total. The zero-order valence-corrected chi connectivity index (χ0v) is 14.2. The molecule has 0 saturated carbocycles. The molecule has 4 rings (SSSR count). The number of aromatic amines is 1. The van der Waals surface area contributed by atoms with Crippen molar-refractivity contribution in [2.75, 3.05) is 5.32 Å². The van der Waals surface area contributed by atoms with Crippen LogP contribution in [0, 0.1) is 0 Å². The zero-order chi connectivity index (χ0) is 17.2. The fourth-order valence-electron chi connectivity index (χ4n) is 3.20. The van der Waals surface area contributed by atoms with Crippen LogP contribution in [-0.2, 0) is 24.2 Å². The standard InChI is InChI=1S/C19H21N5O/c1-2-3-16-10-20-19(22-16)15-9-21-24(12-15)11-13-4-6-17-14(8-13)5-7-18(25)23-17/h4,6,8-10,12H,2-3,5,7,11H2,1H3,(H,20,22)(H,23,25). The minimum atomic E-state index is 0.0952. The highest BCUT2D eigenvalue weighted by atomic mass is 16.1. The number of amides is 1. The molecule has 0 saturated heterocycles. The van der Waals surface area contributed by atoms with Crippen LogP contribution in [0.1, 0.15) is 36.6 Å². The highest BCUT2D eigenvalue weighted by Gasteiger charge is 2.15. The van der Waals surface area contributed by atoms with Gasteiger partial charge in [-0.15, -0.1) is 0 Å². The number of carbonyl (C=O) groups is 1. The summed E-state index contributed by atoms with van der Waals surface area (Å²) >= 11 is 0. The third-order valence-corrected chi connectivity index (χ3v) is 4.46. The number of imidazole rings is 1. The molecule has 128 valence electrons. The number of nitrogens with one attached hydrogen (secondary N) is 2. The number of nitrogens with zero attached hydrogens (tertiary/aromatic N) is 3. The van der Waals surface area contributed by atoms with Crippen molar-refractivity contribution in [3.05, 3.63) is 53.6 Å². The SMILES string of the molecule is CCCc1cnc(-c2cnn(Cc3ccc4c(c3)CCC(=O)N4)c2)[nH]1. The average molecular weight is 335 g/mol. The molecule has 0 bridgehead atoms. The van der Waals surface area contributed by atoms with Crippen molar-refractivity contribution in [3.8, 4) is 11.4 Å². The van der Waals surface area contributed by atoms with Gasteiger partial charge < -0.3 is 10.3 Å². The summed E-state index contributed by atoms with van der Waals surface area (Å²) in [5, 5.41) is 7.37. The van der Waals surface area contributed by atoms with E-state index in [1.807, 2.05) is 35.4 Å². The maximum atomic E-state index is 11.4. The number of hydrogen-bond acceptors (Lipinski definition) is 3. The maximum absolute atomic E-state index is 11.4. The number of H-pyrrole nitrogens is 1. The van der Waals surface area contributed by atoms with Gasteiger partial charge in [0, 0.05) is 30.2 Å². The summed E-state index contributed by atoms with van der Waals surface area (Å²) in [6.07, 6.45) is 9.20. The van der Waals surface area contributed by atoms with Crippen molar-refractivity contribution < 1.29 is 4.79 Å². The molecule has 6 nitrogen and oxygen atoms in total. The van der Waals surface area contributed by atoms with Gasteiger partial charge in [0.1, 0.15) is 5.82 Å². The molecule has 1 aliphatic rings. The third-order valence-electron chi connectivity index (χ3n) is 4.46. The topological polar surface area (TPSA) is 75.6 Å². The van der Waals surface area contributed by atoms with Crippen molar-refractivity contribution in [2.45, 2.75) is 39.2 Å². The van der Waals surface area contributed by atoms with Crippen molar-refractivity contribution in [2.24, 2.45) is 0 Å². The molecule has 0 aliphatic carbocycles. The summed E-state index contributed by atoms with van der Waals surface area (Å²) in [4.78, 5) is 19.2. The summed E-state index contributed by atoms with van der Waals surface area (Å²) in [5.74, 6) is 0.959. The van der Waals surface area contributed by atoms with Gasteiger partial charge in [-0.05, 0) is 30.0 Å². The van der Waals surface area contributed by atoms with E-state index in [1.165, 1.54) is 11.1 Å². The quantitative estimate of drug-likeness (QED) is 0.752. The lowest BCUT2D eigenvalue weighted by Crippen LogP contribution is -2.19. The fraction of sp³-hybridized carbons (Fsp3) is 0.316. The van der Waals surface area contributed by atoms with Gasteiger partial charge in [-0.1, -0.05) is 25.5 Å². The van der Waals surface area contributed by atoms with Crippen LogP contribution in [-0.4, -0.2) is 25.7 Å². The number of hydrogen-bond donors (Lipinski definition) is 2. The van der Waals surface area contributed by atoms with Gasteiger partial charge in [-0.25, -0.2) is 4.98 Å². The Morgan fingerprint density at radius 2 is 2.16 bits per heavy atom. The molecule has 0 atom stereocenters. The average Bonchev–Trinajstić information content (AvgIpc) is 3.25. The molecule has 1 aromatic carbocycles. The number of aromatic nitrogens is 4. The lowest BCUT2D eigenvalue weighted by molar-refractivity contribution is -0.116. The summed E-state index contributed by atoms with van der Waals surface area (Å²) in [6, 6.07) is 6.18. The van der Waals surface area contributed by atoms with Crippen molar-refractivity contribution in [1.82, 2.24) is 19.7 Å².